The summed E-state index contributed by atoms with van der Waals surface area (Å²) < 4.78 is 44.8. The predicted molar refractivity (Wildman–Crippen MR) is 98.3 cm³/mol. The summed E-state index contributed by atoms with van der Waals surface area (Å²) in [5.74, 6) is -0.0994. The Balaban J connectivity index is 1.91. The van der Waals surface area contributed by atoms with Crippen molar-refractivity contribution >= 4 is 34.8 Å². The van der Waals surface area contributed by atoms with E-state index in [1.165, 1.54) is 24.3 Å². The Morgan fingerprint density at radius 2 is 1.74 bits per heavy atom. The quantitative estimate of drug-likeness (QED) is 0.510. The van der Waals surface area contributed by atoms with Gasteiger partial charge in [0.05, 0.1) is 26.9 Å². The minimum atomic E-state index is -4.58. The minimum absolute atomic E-state index is 0.119. The van der Waals surface area contributed by atoms with Gasteiger partial charge in [-0.1, -0.05) is 35.3 Å². The largest absolute Gasteiger partial charge is 0.461 e. The first-order valence-electron chi connectivity index (χ1n) is 7.70. The summed E-state index contributed by atoms with van der Waals surface area (Å²) in [7, 11) is 0. The fourth-order valence-corrected chi connectivity index (χ4v) is 2.83. The highest BCUT2D eigenvalue weighted by atomic mass is 35.5. The highest BCUT2D eigenvalue weighted by Crippen LogP contribution is 2.35. The van der Waals surface area contributed by atoms with E-state index in [9.17, 15) is 18.0 Å². The fourth-order valence-electron chi connectivity index (χ4n) is 2.53. The van der Waals surface area contributed by atoms with Gasteiger partial charge in [-0.3, -0.25) is 4.79 Å². The van der Waals surface area contributed by atoms with Crippen LogP contribution >= 0.6 is 23.2 Å². The maximum Gasteiger partial charge on any atom is 0.418 e. The lowest BCUT2D eigenvalue weighted by Crippen LogP contribution is -2.16. The van der Waals surface area contributed by atoms with Crippen molar-refractivity contribution in [3.05, 3.63) is 75.5 Å². The topological polar surface area (TPSA) is 42.2 Å². The normalized spacial score (nSPS) is 11.5. The Bertz CT molecular complexity index is 1010. The zero-order chi connectivity index (χ0) is 19.8. The van der Waals surface area contributed by atoms with Gasteiger partial charge in [-0.05, 0) is 43.3 Å². The first-order valence-corrected chi connectivity index (χ1v) is 8.46. The summed E-state index contributed by atoms with van der Waals surface area (Å²) in [6.07, 6.45) is -4.58. The second-order valence-electron chi connectivity index (χ2n) is 5.71. The second-order valence-corrected chi connectivity index (χ2v) is 6.52. The molecular weight excluding hydrogens is 402 g/mol. The molecule has 0 aliphatic heterocycles. The molecule has 0 radical (unpaired) electrons. The van der Waals surface area contributed by atoms with E-state index in [4.69, 9.17) is 27.6 Å². The van der Waals surface area contributed by atoms with Crippen molar-refractivity contribution in [2.75, 3.05) is 5.32 Å². The van der Waals surface area contributed by atoms with E-state index in [2.05, 4.69) is 5.32 Å². The lowest BCUT2D eigenvalue weighted by atomic mass is 10.1. The van der Waals surface area contributed by atoms with Crippen LogP contribution in [-0.2, 0) is 6.18 Å². The summed E-state index contributed by atoms with van der Waals surface area (Å²) in [4.78, 5) is 12.5. The van der Waals surface area contributed by atoms with Crippen molar-refractivity contribution in [2.24, 2.45) is 0 Å². The molecule has 0 saturated carbocycles. The highest BCUT2D eigenvalue weighted by molar-refractivity contribution is 6.42. The number of benzene rings is 2. The number of hydrogen-bond acceptors (Lipinski definition) is 2. The molecule has 140 valence electrons. The Morgan fingerprint density at radius 1 is 1.04 bits per heavy atom. The number of alkyl halides is 3. The molecule has 0 spiro atoms. The molecule has 3 nitrogen and oxygen atoms in total. The van der Waals surface area contributed by atoms with Gasteiger partial charge in [0.15, 0.2) is 0 Å². The average molecular weight is 414 g/mol. The molecule has 1 amide bonds. The third-order valence-electron chi connectivity index (χ3n) is 3.85. The third kappa shape index (κ3) is 4.12. The Kier molecular flexibility index (Phi) is 5.22. The number of halogens is 5. The summed E-state index contributed by atoms with van der Waals surface area (Å²) in [6, 6.07) is 11.0. The molecule has 8 heteroatoms. The molecule has 0 saturated heterocycles. The first-order chi connectivity index (χ1) is 12.7. The van der Waals surface area contributed by atoms with Crippen LogP contribution < -0.4 is 5.32 Å². The molecule has 27 heavy (non-hydrogen) atoms. The SMILES string of the molecule is Cc1oc(-c2ccc(Cl)c(Cl)c2)cc1C(=O)Nc1ccccc1C(F)(F)F. The number of para-hydroxylation sites is 1. The van der Waals surface area contributed by atoms with Crippen molar-refractivity contribution in [1.82, 2.24) is 0 Å². The molecule has 1 N–H and O–H groups in total. The van der Waals surface area contributed by atoms with Gasteiger partial charge in [0.25, 0.3) is 5.91 Å². The molecule has 0 bridgehead atoms. The van der Waals surface area contributed by atoms with Gasteiger partial charge in [-0.15, -0.1) is 0 Å². The van der Waals surface area contributed by atoms with Crippen molar-refractivity contribution in [3.8, 4) is 11.3 Å². The van der Waals surface area contributed by atoms with E-state index in [1.54, 1.807) is 25.1 Å². The minimum Gasteiger partial charge on any atom is -0.461 e. The summed E-state index contributed by atoms with van der Waals surface area (Å²) in [5, 5.41) is 2.97. The first kappa shape index (κ1) is 19.3. The van der Waals surface area contributed by atoms with Gasteiger partial charge in [-0.2, -0.15) is 13.2 Å². The van der Waals surface area contributed by atoms with Crippen LogP contribution in [0.3, 0.4) is 0 Å². The number of anilines is 1. The number of carbonyl (C=O) groups excluding carboxylic acids is 1. The van der Waals surface area contributed by atoms with Crippen LogP contribution in [-0.4, -0.2) is 5.91 Å². The molecule has 0 atom stereocenters. The molecular formula is C19H12Cl2F3NO2. The third-order valence-corrected chi connectivity index (χ3v) is 4.59. The molecule has 0 fully saturated rings. The van der Waals surface area contributed by atoms with Gasteiger partial charge in [0, 0.05) is 5.56 Å². The van der Waals surface area contributed by atoms with E-state index < -0.39 is 17.6 Å². The van der Waals surface area contributed by atoms with Crippen molar-refractivity contribution < 1.29 is 22.4 Å². The monoisotopic (exact) mass is 413 g/mol. The van der Waals surface area contributed by atoms with Crippen molar-refractivity contribution in [1.29, 1.82) is 0 Å². The lowest BCUT2D eigenvalue weighted by Gasteiger charge is -2.13. The zero-order valence-electron chi connectivity index (χ0n) is 13.8. The zero-order valence-corrected chi connectivity index (χ0v) is 15.3. The Morgan fingerprint density at radius 3 is 2.41 bits per heavy atom. The molecule has 0 aliphatic rings. The second kappa shape index (κ2) is 7.29. The predicted octanol–water partition coefficient (Wildman–Crippen LogP) is 6.83. The standard InChI is InChI=1S/C19H12Cl2F3NO2/c1-10-12(9-17(27-10)11-6-7-14(20)15(21)8-11)18(26)25-16-5-3-2-4-13(16)19(22,23)24/h2-9H,1H3,(H,25,26). The number of rotatable bonds is 3. The summed E-state index contributed by atoms with van der Waals surface area (Å²) >= 11 is 11.9. The average Bonchev–Trinajstić information content (AvgIpc) is 2.99. The molecule has 2 aromatic carbocycles. The molecule has 1 aromatic heterocycles. The van der Waals surface area contributed by atoms with Crippen LogP contribution in [0.1, 0.15) is 21.7 Å². The number of carbonyl (C=O) groups is 1. The highest BCUT2D eigenvalue weighted by Gasteiger charge is 2.33. The van der Waals surface area contributed by atoms with Crippen LogP contribution in [0.5, 0.6) is 0 Å². The maximum atomic E-state index is 13.1. The van der Waals surface area contributed by atoms with Crippen molar-refractivity contribution in [2.45, 2.75) is 13.1 Å². The Labute approximate surface area is 162 Å². The van der Waals surface area contributed by atoms with E-state index in [0.717, 1.165) is 6.07 Å². The van der Waals surface area contributed by atoms with E-state index >= 15 is 0 Å². The number of hydrogen-bond donors (Lipinski definition) is 1. The van der Waals surface area contributed by atoms with Gasteiger partial charge in [-0.25, -0.2) is 0 Å². The number of nitrogens with one attached hydrogen (secondary N) is 1. The molecule has 1 heterocycles. The van der Waals surface area contributed by atoms with Gasteiger partial charge >= 0.3 is 6.18 Å². The molecule has 0 aliphatic carbocycles. The smallest absolute Gasteiger partial charge is 0.418 e. The van der Waals surface area contributed by atoms with Gasteiger partial charge in [0.1, 0.15) is 11.5 Å². The fraction of sp³-hybridized carbons (Fsp3) is 0.105. The molecule has 3 aromatic rings. The lowest BCUT2D eigenvalue weighted by molar-refractivity contribution is -0.136. The van der Waals surface area contributed by atoms with Crippen LogP contribution in [0, 0.1) is 6.92 Å². The molecule has 3 rings (SSSR count). The van der Waals surface area contributed by atoms with Gasteiger partial charge in [0.2, 0.25) is 0 Å². The van der Waals surface area contributed by atoms with Crippen molar-refractivity contribution in [3.63, 3.8) is 0 Å². The maximum absolute atomic E-state index is 13.1. The van der Waals surface area contributed by atoms with Crippen LogP contribution in [0.15, 0.2) is 52.9 Å². The number of aryl methyl sites for hydroxylation is 1. The van der Waals surface area contributed by atoms with E-state index in [1.807, 2.05) is 0 Å². The summed E-state index contributed by atoms with van der Waals surface area (Å²) in [5.41, 5.74) is -0.550. The number of furan rings is 1. The van der Waals surface area contributed by atoms with Gasteiger partial charge < -0.3 is 9.73 Å². The van der Waals surface area contributed by atoms with Crippen LogP contribution in [0.4, 0.5) is 18.9 Å². The van der Waals surface area contributed by atoms with E-state index in [0.29, 0.717) is 21.4 Å². The molecule has 0 unspecified atom stereocenters. The van der Waals surface area contributed by atoms with Crippen LogP contribution in [0.2, 0.25) is 10.0 Å². The van der Waals surface area contributed by atoms with E-state index in [-0.39, 0.29) is 17.0 Å². The number of amides is 1. The van der Waals surface area contributed by atoms with Crippen LogP contribution in [0.25, 0.3) is 11.3 Å². The summed E-state index contributed by atoms with van der Waals surface area (Å²) in [6.45, 7) is 1.55. The Hall–Kier alpha value is -2.44.